The molecule has 2 atom stereocenters. The average molecular weight is 425 g/mol. The van der Waals surface area contributed by atoms with E-state index >= 15 is 0 Å². The van der Waals surface area contributed by atoms with Crippen molar-refractivity contribution in [3.63, 3.8) is 0 Å². The Hall–Kier alpha value is -2.66. The Morgan fingerprint density at radius 1 is 1.06 bits per heavy atom. The molecular weight excluding hydrogens is 396 g/mol. The lowest BCUT2D eigenvalue weighted by atomic mass is 10.2. The third-order valence-corrected chi connectivity index (χ3v) is 6.04. The minimum atomic E-state index is -0.284. The molecule has 2 fully saturated rings. The van der Waals surface area contributed by atoms with Crippen LogP contribution in [-0.2, 0) is 11.3 Å². The van der Waals surface area contributed by atoms with Gasteiger partial charge in [-0.25, -0.2) is 15.0 Å². The maximum absolute atomic E-state index is 9.82. The highest BCUT2D eigenvalue weighted by molar-refractivity contribution is 5.83. The van der Waals surface area contributed by atoms with E-state index in [0.717, 1.165) is 49.7 Å². The van der Waals surface area contributed by atoms with Crippen LogP contribution in [0.4, 0.5) is 5.82 Å². The number of ether oxygens (including phenoxy) is 1. The van der Waals surface area contributed by atoms with Crippen LogP contribution in [0.2, 0.25) is 0 Å². The van der Waals surface area contributed by atoms with Gasteiger partial charge < -0.3 is 19.6 Å². The second kappa shape index (κ2) is 8.83. The van der Waals surface area contributed by atoms with Crippen molar-refractivity contribution in [2.45, 2.75) is 18.9 Å². The second-order valence-electron chi connectivity index (χ2n) is 8.26. The number of morpholine rings is 1. The van der Waals surface area contributed by atoms with Crippen molar-refractivity contribution in [3.05, 3.63) is 42.7 Å². The number of aliphatic hydroxyl groups excluding tert-OH is 1. The highest BCUT2D eigenvalue weighted by atomic mass is 16.5. The van der Waals surface area contributed by atoms with Crippen LogP contribution < -0.4 is 4.90 Å². The third kappa shape index (κ3) is 4.24. The molecule has 0 aromatic carbocycles. The fourth-order valence-corrected chi connectivity index (χ4v) is 4.32. The number of hydrogen-bond donors (Lipinski definition) is 1. The zero-order valence-corrected chi connectivity index (χ0v) is 17.7. The number of hydrogen-bond acceptors (Lipinski definition) is 9. The molecule has 10 nitrogen and oxygen atoms in total. The van der Waals surface area contributed by atoms with Gasteiger partial charge in [-0.2, -0.15) is 0 Å². The van der Waals surface area contributed by atoms with Gasteiger partial charge in [-0.1, -0.05) is 0 Å². The number of piperazine rings is 1. The summed E-state index contributed by atoms with van der Waals surface area (Å²) < 4.78 is 8.16. The molecule has 1 N–H and O–H groups in total. The van der Waals surface area contributed by atoms with Crippen molar-refractivity contribution in [1.29, 1.82) is 0 Å². The SMILES string of the molecule is CN1CCN(c2ncnc3c2ncn3[C@H]2CN(Cc3ccncc3)C[C@@H](CO)O2)CC1. The first-order valence-electron chi connectivity index (χ1n) is 10.7. The van der Waals surface area contributed by atoms with Crippen LogP contribution in [-0.4, -0.2) is 98.4 Å². The fraction of sp³-hybridized carbons (Fsp3) is 0.524. The molecule has 0 bridgehead atoms. The highest BCUT2D eigenvalue weighted by Gasteiger charge is 2.30. The number of nitrogens with zero attached hydrogens (tertiary/aromatic N) is 8. The zero-order valence-electron chi connectivity index (χ0n) is 17.7. The van der Waals surface area contributed by atoms with E-state index in [1.165, 1.54) is 5.56 Å². The molecule has 3 aromatic rings. The molecule has 0 amide bonds. The van der Waals surface area contributed by atoms with Crippen LogP contribution in [0.3, 0.4) is 0 Å². The Morgan fingerprint density at radius 3 is 2.65 bits per heavy atom. The highest BCUT2D eigenvalue weighted by Crippen LogP contribution is 2.28. The number of imidazole rings is 1. The fourth-order valence-electron chi connectivity index (χ4n) is 4.32. The number of fused-ring (bicyclic) bond motifs is 1. The van der Waals surface area contributed by atoms with Gasteiger partial charge in [0.05, 0.1) is 19.0 Å². The van der Waals surface area contributed by atoms with E-state index in [2.05, 4.69) is 41.7 Å². The summed E-state index contributed by atoms with van der Waals surface area (Å²) >= 11 is 0. The van der Waals surface area contributed by atoms with Crippen LogP contribution in [0.25, 0.3) is 11.2 Å². The molecule has 5 heterocycles. The van der Waals surface area contributed by atoms with Crippen molar-refractivity contribution >= 4 is 17.0 Å². The summed E-state index contributed by atoms with van der Waals surface area (Å²) in [7, 11) is 2.14. The molecule has 164 valence electrons. The standard InChI is InChI=1S/C21H28N8O2/c1-26-6-8-28(9-7-26)20-19-21(24-14-23-20)29(15-25-19)18-12-27(11-17(13-30)31-18)10-16-2-4-22-5-3-16/h2-5,14-15,17-18,30H,6-13H2,1H3/t17-,18+/m0/s1. The predicted molar refractivity (Wildman–Crippen MR) is 116 cm³/mol. The van der Waals surface area contributed by atoms with Gasteiger partial charge in [0, 0.05) is 58.2 Å². The topological polar surface area (TPSA) is 95.7 Å². The molecule has 0 spiro atoms. The van der Waals surface area contributed by atoms with Gasteiger partial charge in [0.15, 0.2) is 17.0 Å². The maximum Gasteiger partial charge on any atom is 0.167 e. The van der Waals surface area contributed by atoms with Gasteiger partial charge in [-0.3, -0.25) is 14.5 Å². The molecule has 0 radical (unpaired) electrons. The number of pyridine rings is 1. The quantitative estimate of drug-likeness (QED) is 0.623. The van der Waals surface area contributed by atoms with Crippen molar-refractivity contribution in [2.24, 2.45) is 0 Å². The molecule has 0 aliphatic carbocycles. The molecule has 5 rings (SSSR count). The van der Waals surface area contributed by atoms with E-state index < -0.39 is 0 Å². The number of rotatable bonds is 5. The molecule has 2 aliphatic rings. The Balaban J connectivity index is 1.40. The van der Waals surface area contributed by atoms with Gasteiger partial charge in [-0.15, -0.1) is 0 Å². The first-order valence-corrected chi connectivity index (χ1v) is 10.7. The lowest BCUT2D eigenvalue weighted by Gasteiger charge is -2.38. The van der Waals surface area contributed by atoms with E-state index in [9.17, 15) is 5.11 Å². The van der Waals surface area contributed by atoms with Gasteiger partial charge in [0.1, 0.15) is 12.6 Å². The van der Waals surface area contributed by atoms with E-state index in [1.807, 2.05) is 16.7 Å². The number of likely N-dealkylation sites (N-methyl/N-ethyl adjacent to an activating group) is 1. The first-order chi connectivity index (χ1) is 15.2. The Labute approximate surface area is 181 Å². The normalized spacial score (nSPS) is 23.5. The molecule has 0 unspecified atom stereocenters. The zero-order chi connectivity index (χ0) is 21.2. The van der Waals surface area contributed by atoms with Crippen LogP contribution in [0.1, 0.15) is 11.8 Å². The summed E-state index contributed by atoms with van der Waals surface area (Å²) in [6.45, 7) is 5.93. The number of anilines is 1. The summed E-state index contributed by atoms with van der Waals surface area (Å²) in [5.74, 6) is 0.875. The summed E-state index contributed by atoms with van der Waals surface area (Å²) in [4.78, 5) is 24.7. The maximum atomic E-state index is 9.82. The summed E-state index contributed by atoms with van der Waals surface area (Å²) in [6, 6.07) is 4.03. The van der Waals surface area contributed by atoms with Gasteiger partial charge >= 0.3 is 0 Å². The first kappa shape index (κ1) is 20.3. The molecule has 31 heavy (non-hydrogen) atoms. The minimum Gasteiger partial charge on any atom is -0.394 e. The summed E-state index contributed by atoms with van der Waals surface area (Å²) in [5, 5.41) is 9.82. The summed E-state index contributed by atoms with van der Waals surface area (Å²) in [6.07, 6.45) is 6.45. The molecule has 2 saturated heterocycles. The Kier molecular flexibility index (Phi) is 5.77. The Bertz CT molecular complexity index is 1010. The predicted octanol–water partition coefficient (Wildman–Crippen LogP) is 0.365. The second-order valence-corrected chi connectivity index (χ2v) is 8.26. The van der Waals surface area contributed by atoms with Crippen molar-refractivity contribution in [2.75, 3.05) is 57.8 Å². The van der Waals surface area contributed by atoms with E-state index in [1.54, 1.807) is 25.0 Å². The largest absolute Gasteiger partial charge is 0.394 e. The lowest BCUT2D eigenvalue weighted by molar-refractivity contribution is -0.135. The van der Waals surface area contributed by atoms with Crippen LogP contribution in [0.5, 0.6) is 0 Å². The van der Waals surface area contributed by atoms with Crippen molar-refractivity contribution in [1.82, 2.24) is 34.3 Å². The van der Waals surface area contributed by atoms with Crippen molar-refractivity contribution < 1.29 is 9.84 Å². The van der Waals surface area contributed by atoms with Crippen LogP contribution >= 0.6 is 0 Å². The lowest BCUT2D eigenvalue weighted by Crippen LogP contribution is -2.46. The third-order valence-electron chi connectivity index (χ3n) is 6.04. The monoisotopic (exact) mass is 424 g/mol. The van der Waals surface area contributed by atoms with Gasteiger partial charge in [0.25, 0.3) is 0 Å². The molecule has 10 heteroatoms. The van der Waals surface area contributed by atoms with Crippen LogP contribution in [0.15, 0.2) is 37.2 Å². The number of aliphatic hydroxyl groups is 1. The van der Waals surface area contributed by atoms with Gasteiger partial charge in [0.2, 0.25) is 0 Å². The average Bonchev–Trinajstić information content (AvgIpc) is 3.24. The Morgan fingerprint density at radius 2 is 1.87 bits per heavy atom. The molecule has 0 saturated carbocycles. The molecular formula is C21H28N8O2. The van der Waals surface area contributed by atoms with Crippen LogP contribution in [0, 0.1) is 0 Å². The number of aromatic nitrogens is 5. The van der Waals surface area contributed by atoms with Crippen molar-refractivity contribution in [3.8, 4) is 0 Å². The van der Waals surface area contributed by atoms with E-state index in [0.29, 0.717) is 13.1 Å². The van der Waals surface area contributed by atoms with Gasteiger partial charge in [-0.05, 0) is 24.7 Å². The van der Waals surface area contributed by atoms with E-state index in [-0.39, 0.29) is 18.9 Å². The minimum absolute atomic E-state index is 0.0303. The smallest absolute Gasteiger partial charge is 0.167 e. The molecule has 2 aliphatic heterocycles. The van der Waals surface area contributed by atoms with E-state index in [4.69, 9.17) is 4.74 Å². The molecule has 3 aromatic heterocycles. The summed E-state index contributed by atoms with van der Waals surface area (Å²) in [5.41, 5.74) is 2.74.